The highest BCUT2D eigenvalue weighted by Gasteiger charge is 2.36. The molecule has 10 nitrogen and oxygen atoms in total. The first-order chi connectivity index (χ1) is 18.0. The van der Waals surface area contributed by atoms with E-state index in [1.54, 1.807) is 48.5 Å². The molecular weight excluding hydrogens is 476 g/mol. The van der Waals surface area contributed by atoms with Crippen molar-refractivity contribution in [2.45, 2.75) is 6.54 Å². The molecule has 10 heteroatoms. The number of nitrogens with one attached hydrogen (secondary N) is 2. The second kappa shape index (κ2) is 8.76. The van der Waals surface area contributed by atoms with E-state index < -0.39 is 17.7 Å². The minimum absolute atomic E-state index is 0.0656. The summed E-state index contributed by atoms with van der Waals surface area (Å²) >= 11 is 0. The third kappa shape index (κ3) is 4.10. The molecule has 0 unspecified atom stereocenters. The molecular formula is C27H18N4O6. The minimum atomic E-state index is -0.474. The Bertz CT molecular complexity index is 1640. The van der Waals surface area contributed by atoms with E-state index in [0.717, 1.165) is 4.90 Å². The third-order valence-corrected chi connectivity index (χ3v) is 6.11. The van der Waals surface area contributed by atoms with Crippen molar-refractivity contribution in [3.05, 3.63) is 105 Å². The monoisotopic (exact) mass is 494 g/mol. The van der Waals surface area contributed by atoms with Crippen molar-refractivity contribution >= 4 is 23.4 Å². The van der Waals surface area contributed by atoms with Crippen molar-refractivity contribution < 1.29 is 23.9 Å². The Hall–Kier alpha value is -5.25. The Morgan fingerprint density at radius 1 is 0.892 bits per heavy atom. The van der Waals surface area contributed by atoms with Crippen LogP contribution in [0.25, 0.3) is 11.3 Å². The summed E-state index contributed by atoms with van der Waals surface area (Å²) in [5.74, 6) is -0.163. The van der Waals surface area contributed by atoms with Crippen LogP contribution >= 0.6 is 0 Å². The second-order valence-electron chi connectivity index (χ2n) is 8.49. The van der Waals surface area contributed by atoms with Gasteiger partial charge in [0, 0.05) is 22.9 Å². The summed E-state index contributed by atoms with van der Waals surface area (Å²) in [5.41, 5.74) is 2.79. The van der Waals surface area contributed by atoms with Gasteiger partial charge in [0.1, 0.15) is 0 Å². The quantitative estimate of drug-likeness (QED) is 0.408. The first-order valence-corrected chi connectivity index (χ1v) is 11.3. The van der Waals surface area contributed by atoms with Gasteiger partial charge in [-0.2, -0.15) is 5.10 Å². The molecule has 4 aromatic rings. The summed E-state index contributed by atoms with van der Waals surface area (Å²) < 4.78 is 10.7. The topological polar surface area (TPSA) is 131 Å². The predicted octanol–water partition coefficient (Wildman–Crippen LogP) is 3.21. The molecule has 0 saturated heterocycles. The Balaban J connectivity index is 1.20. The average molecular weight is 494 g/mol. The summed E-state index contributed by atoms with van der Waals surface area (Å²) in [7, 11) is 0. The minimum Gasteiger partial charge on any atom is -0.454 e. The number of imide groups is 1. The number of rotatable bonds is 5. The molecule has 3 aromatic carbocycles. The Morgan fingerprint density at radius 3 is 2.57 bits per heavy atom. The number of anilines is 1. The number of amides is 3. The van der Waals surface area contributed by atoms with E-state index in [4.69, 9.17) is 9.47 Å². The number of aromatic nitrogens is 2. The molecule has 6 rings (SSSR count). The Kier molecular flexibility index (Phi) is 5.26. The van der Waals surface area contributed by atoms with Gasteiger partial charge < -0.3 is 14.8 Å². The van der Waals surface area contributed by atoms with E-state index in [1.165, 1.54) is 24.3 Å². The Labute approximate surface area is 209 Å². The maximum atomic E-state index is 13.1. The van der Waals surface area contributed by atoms with E-state index in [-0.39, 0.29) is 35.6 Å². The fourth-order valence-corrected chi connectivity index (χ4v) is 4.26. The summed E-state index contributed by atoms with van der Waals surface area (Å²) in [4.78, 5) is 51.4. The van der Waals surface area contributed by atoms with Crippen LogP contribution in [0, 0.1) is 0 Å². The fourth-order valence-electron chi connectivity index (χ4n) is 4.26. The van der Waals surface area contributed by atoms with E-state index in [9.17, 15) is 19.2 Å². The number of carbonyl (C=O) groups is 3. The summed E-state index contributed by atoms with van der Waals surface area (Å²) in [6.45, 7) is 0.195. The van der Waals surface area contributed by atoms with Crippen LogP contribution in [-0.2, 0) is 6.54 Å². The third-order valence-electron chi connectivity index (χ3n) is 6.11. The molecule has 3 amide bonds. The van der Waals surface area contributed by atoms with Crippen molar-refractivity contribution in [1.82, 2.24) is 15.1 Å². The summed E-state index contributed by atoms with van der Waals surface area (Å²) in [6.07, 6.45) is 0. The van der Waals surface area contributed by atoms with Crippen LogP contribution in [0.4, 0.5) is 5.69 Å². The smallest absolute Gasteiger partial charge is 0.264 e. The molecule has 0 atom stereocenters. The van der Waals surface area contributed by atoms with Crippen LogP contribution in [0.2, 0.25) is 0 Å². The standard InChI is InChI=1S/C27H18N4O6/c32-24-9-7-21(29-30-24)16-2-1-3-18(11-16)28-25(33)17-5-6-19-20(12-17)27(35)31(26(19)34)13-15-4-8-22-23(10-15)37-14-36-22/h1-12H,13-14H2,(H,28,33)(H,30,32). The maximum absolute atomic E-state index is 13.1. The van der Waals surface area contributed by atoms with Crippen molar-refractivity contribution in [3.8, 4) is 22.8 Å². The number of benzene rings is 3. The number of hydrogen-bond donors (Lipinski definition) is 2. The van der Waals surface area contributed by atoms with Gasteiger partial charge in [-0.15, -0.1) is 0 Å². The van der Waals surface area contributed by atoms with Gasteiger partial charge in [0.25, 0.3) is 23.3 Å². The first-order valence-electron chi connectivity index (χ1n) is 11.3. The molecule has 37 heavy (non-hydrogen) atoms. The zero-order chi connectivity index (χ0) is 25.5. The highest BCUT2D eigenvalue weighted by atomic mass is 16.7. The zero-order valence-corrected chi connectivity index (χ0v) is 19.2. The fraction of sp³-hybridized carbons (Fsp3) is 0.0741. The molecule has 0 fully saturated rings. The molecule has 0 spiro atoms. The molecule has 0 radical (unpaired) electrons. The van der Waals surface area contributed by atoms with Crippen LogP contribution in [0.5, 0.6) is 11.5 Å². The van der Waals surface area contributed by atoms with Gasteiger partial charge in [-0.25, -0.2) is 5.10 Å². The van der Waals surface area contributed by atoms with Gasteiger partial charge >= 0.3 is 0 Å². The average Bonchev–Trinajstić information content (AvgIpc) is 3.47. The van der Waals surface area contributed by atoms with Crippen molar-refractivity contribution in [2.75, 3.05) is 12.1 Å². The molecule has 0 saturated carbocycles. The molecule has 0 bridgehead atoms. The van der Waals surface area contributed by atoms with E-state index in [2.05, 4.69) is 15.5 Å². The molecule has 0 aliphatic carbocycles. The van der Waals surface area contributed by atoms with Crippen LogP contribution < -0.4 is 20.3 Å². The first kappa shape index (κ1) is 22.2. The molecule has 3 heterocycles. The SMILES string of the molecule is O=C(Nc1cccc(-c2ccc(=O)[nH]n2)c1)c1ccc2c(c1)C(=O)N(Cc1ccc3c(c1)OCO3)C2=O. The molecule has 2 aliphatic rings. The van der Waals surface area contributed by atoms with E-state index >= 15 is 0 Å². The highest BCUT2D eigenvalue weighted by Crippen LogP contribution is 2.34. The lowest BCUT2D eigenvalue weighted by Gasteiger charge is -2.14. The lowest BCUT2D eigenvalue weighted by Crippen LogP contribution is -2.29. The number of nitrogens with zero attached hydrogens (tertiary/aromatic N) is 2. The number of fused-ring (bicyclic) bond motifs is 2. The largest absolute Gasteiger partial charge is 0.454 e. The lowest BCUT2D eigenvalue weighted by atomic mass is 10.0. The second-order valence-corrected chi connectivity index (χ2v) is 8.49. The maximum Gasteiger partial charge on any atom is 0.264 e. The number of carbonyl (C=O) groups excluding carboxylic acids is 3. The van der Waals surface area contributed by atoms with Gasteiger partial charge in [-0.3, -0.25) is 24.1 Å². The van der Waals surface area contributed by atoms with Crippen LogP contribution in [0.15, 0.2) is 77.6 Å². The molecule has 2 aliphatic heterocycles. The van der Waals surface area contributed by atoms with Crippen molar-refractivity contribution in [2.24, 2.45) is 0 Å². The van der Waals surface area contributed by atoms with E-state index in [0.29, 0.717) is 34.0 Å². The van der Waals surface area contributed by atoms with Crippen LogP contribution in [-0.4, -0.2) is 39.6 Å². The van der Waals surface area contributed by atoms with Crippen molar-refractivity contribution in [1.29, 1.82) is 0 Å². The summed E-state index contributed by atoms with van der Waals surface area (Å²) in [5, 5.41) is 9.17. The van der Waals surface area contributed by atoms with Crippen LogP contribution in [0.3, 0.4) is 0 Å². The highest BCUT2D eigenvalue weighted by molar-refractivity contribution is 6.22. The normalized spacial score (nSPS) is 13.6. The van der Waals surface area contributed by atoms with Gasteiger partial charge in [-0.05, 0) is 54.1 Å². The van der Waals surface area contributed by atoms with Gasteiger partial charge in [0.2, 0.25) is 6.79 Å². The Morgan fingerprint density at radius 2 is 1.73 bits per heavy atom. The number of hydrogen-bond acceptors (Lipinski definition) is 7. The lowest BCUT2D eigenvalue weighted by molar-refractivity contribution is 0.0642. The molecule has 182 valence electrons. The van der Waals surface area contributed by atoms with Crippen molar-refractivity contribution in [3.63, 3.8) is 0 Å². The van der Waals surface area contributed by atoms with E-state index in [1.807, 2.05) is 0 Å². The number of aromatic amines is 1. The van der Waals surface area contributed by atoms with Crippen LogP contribution in [0.1, 0.15) is 36.6 Å². The van der Waals surface area contributed by atoms with Gasteiger partial charge in [0.15, 0.2) is 11.5 Å². The van der Waals surface area contributed by atoms with Gasteiger partial charge in [-0.1, -0.05) is 18.2 Å². The van der Waals surface area contributed by atoms with Gasteiger partial charge in [0.05, 0.1) is 23.4 Å². The predicted molar refractivity (Wildman–Crippen MR) is 131 cm³/mol. The zero-order valence-electron chi connectivity index (χ0n) is 19.2. The number of ether oxygens (including phenoxy) is 2. The summed E-state index contributed by atoms with van der Waals surface area (Å²) in [6, 6.07) is 19.6. The molecule has 1 aromatic heterocycles. The molecule has 2 N–H and O–H groups in total. The number of H-pyrrole nitrogens is 1.